The number of aromatic amines is 1. The van der Waals surface area contributed by atoms with E-state index in [0.29, 0.717) is 0 Å². The van der Waals surface area contributed by atoms with Gasteiger partial charge >= 0.3 is 0 Å². The summed E-state index contributed by atoms with van der Waals surface area (Å²) in [5.74, 6) is 1.10. The van der Waals surface area contributed by atoms with Gasteiger partial charge in [-0.2, -0.15) is 5.10 Å². The third-order valence-corrected chi connectivity index (χ3v) is 3.53. The highest BCUT2D eigenvalue weighted by atomic mass is 35.5. The number of benzene rings is 1. The SMILES string of the molecule is CCCSc1cc(-c2ccc(Cl)cc2)[nH]n1. The molecule has 0 radical (unpaired) electrons. The summed E-state index contributed by atoms with van der Waals surface area (Å²) in [5.41, 5.74) is 2.15. The van der Waals surface area contributed by atoms with E-state index in [1.165, 1.54) is 0 Å². The Labute approximate surface area is 104 Å². The molecule has 0 aliphatic heterocycles. The van der Waals surface area contributed by atoms with Gasteiger partial charge in [0.05, 0.1) is 5.69 Å². The predicted molar refractivity (Wildman–Crippen MR) is 70.0 cm³/mol. The third-order valence-electron chi connectivity index (χ3n) is 2.16. The molecule has 1 aromatic carbocycles. The molecular formula is C12H13ClN2S. The maximum atomic E-state index is 5.84. The van der Waals surface area contributed by atoms with Gasteiger partial charge < -0.3 is 0 Å². The molecule has 0 atom stereocenters. The first-order chi connectivity index (χ1) is 7.79. The minimum absolute atomic E-state index is 0.754. The quantitative estimate of drug-likeness (QED) is 0.825. The van der Waals surface area contributed by atoms with Crippen molar-refractivity contribution in [3.05, 3.63) is 35.4 Å². The second-order valence-electron chi connectivity index (χ2n) is 3.48. The summed E-state index contributed by atoms with van der Waals surface area (Å²) in [6, 6.07) is 9.82. The maximum Gasteiger partial charge on any atom is 0.119 e. The zero-order chi connectivity index (χ0) is 11.4. The fraction of sp³-hybridized carbons (Fsp3) is 0.250. The van der Waals surface area contributed by atoms with Gasteiger partial charge in [0.15, 0.2) is 0 Å². The fourth-order valence-corrected chi connectivity index (χ4v) is 2.21. The number of nitrogens with one attached hydrogen (secondary N) is 1. The molecule has 0 fully saturated rings. The van der Waals surface area contributed by atoms with Crippen molar-refractivity contribution < 1.29 is 0 Å². The van der Waals surface area contributed by atoms with Crippen LogP contribution >= 0.6 is 23.4 Å². The molecular weight excluding hydrogens is 240 g/mol. The van der Waals surface area contributed by atoms with Crippen LogP contribution in [0.1, 0.15) is 13.3 Å². The number of rotatable bonds is 4. The van der Waals surface area contributed by atoms with Crippen LogP contribution in [0.15, 0.2) is 35.4 Å². The smallest absolute Gasteiger partial charge is 0.119 e. The van der Waals surface area contributed by atoms with Gasteiger partial charge in [0.25, 0.3) is 0 Å². The van der Waals surface area contributed by atoms with E-state index in [0.717, 1.165) is 33.5 Å². The van der Waals surface area contributed by atoms with Gasteiger partial charge in [-0.1, -0.05) is 30.7 Å². The van der Waals surface area contributed by atoms with E-state index in [4.69, 9.17) is 11.6 Å². The summed E-state index contributed by atoms with van der Waals surface area (Å²) in [4.78, 5) is 0. The normalized spacial score (nSPS) is 10.6. The van der Waals surface area contributed by atoms with Crippen LogP contribution in [0.5, 0.6) is 0 Å². The van der Waals surface area contributed by atoms with Crippen molar-refractivity contribution in [2.45, 2.75) is 18.4 Å². The molecule has 1 heterocycles. The molecule has 0 aliphatic carbocycles. The lowest BCUT2D eigenvalue weighted by molar-refractivity contribution is 1.00. The summed E-state index contributed by atoms with van der Waals surface area (Å²) in [6.45, 7) is 2.17. The Morgan fingerprint density at radius 1 is 1.31 bits per heavy atom. The molecule has 1 aromatic heterocycles. The standard InChI is InChI=1S/C12H13ClN2S/c1-2-7-16-12-8-11(14-15-12)9-3-5-10(13)6-4-9/h3-6,8H,2,7H2,1H3,(H,14,15). The van der Waals surface area contributed by atoms with E-state index in [1.807, 2.05) is 24.3 Å². The molecule has 2 aromatic rings. The monoisotopic (exact) mass is 252 g/mol. The average Bonchev–Trinajstić information content (AvgIpc) is 2.76. The second-order valence-corrected chi connectivity index (χ2v) is 5.03. The lowest BCUT2D eigenvalue weighted by Gasteiger charge is -1.96. The average molecular weight is 253 g/mol. The highest BCUT2D eigenvalue weighted by molar-refractivity contribution is 7.99. The molecule has 2 rings (SSSR count). The zero-order valence-corrected chi connectivity index (χ0v) is 10.6. The molecule has 84 valence electrons. The van der Waals surface area contributed by atoms with Crippen molar-refractivity contribution in [2.75, 3.05) is 5.75 Å². The van der Waals surface area contributed by atoms with Gasteiger partial charge in [-0.3, -0.25) is 5.10 Å². The van der Waals surface area contributed by atoms with Gasteiger partial charge in [-0.05, 0) is 35.9 Å². The van der Waals surface area contributed by atoms with E-state index >= 15 is 0 Å². The van der Waals surface area contributed by atoms with Crippen LogP contribution in [0.4, 0.5) is 0 Å². The summed E-state index contributed by atoms with van der Waals surface area (Å²) in [6.07, 6.45) is 1.16. The number of aromatic nitrogens is 2. The third kappa shape index (κ3) is 2.80. The molecule has 0 unspecified atom stereocenters. The first kappa shape index (κ1) is 11.6. The van der Waals surface area contributed by atoms with Crippen molar-refractivity contribution in [2.24, 2.45) is 0 Å². The molecule has 0 saturated carbocycles. The topological polar surface area (TPSA) is 28.7 Å². The molecule has 2 nitrogen and oxygen atoms in total. The van der Waals surface area contributed by atoms with Crippen LogP contribution in [-0.4, -0.2) is 16.0 Å². The van der Waals surface area contributed by atoms with Crippen molar-refractivity contribution in [3.8, 4) is 11.3 Å². The van der Waals surface area contributed by atoms with Gasteiger partial charge in [-0.25, -0.2) is 0 Å². The Kier molecular flexibility index (Phi) is 3.91. The summed E-state index contributed by atoms with van der Waals surface area (Å²) < 4.78 is 0. The first-order valence-corrected chi connectivity index (χ1v) is 6.60. The minimum Gasteiger partial charge on any atom is -0.277 e. The Morgan fingerprint density at radius 3 is 2.75 bits per heavy atom. The molecule has 0 spiro atoms. The number of hydrogen-bond acceptors (Lipinski definition) is 2. The predicted octanol–water partition coefficient (Wildman–Crippen LogP) is 4.23. The Hall–Kier alpha value is -0.930. The molecule has 4 heteroatoms. The van der Waals surface area contributed by atoms with Gasteiger partial charge in [0.2, 0.25) is 0 Å². The summed E-state index contributed by atoms with van der Waals surface area (Å²) in [5, 5.41) is 9.10. The minimum atomic E-state index is 0.754. The van der Waals surface area contributed by atoms with Crippen LogP contribution in [0.25, 0.3) is 11.3 Å². The van der Waals surface area contributed by atoms with Crippen LogP contribution in [-0.2, 0) is 0 Å². The Balaban J connectivity index is 2.15. The molecule has 0 aliphatic rings. The van der Waals surface area contributed by atoms with Crippen LogP contribution in [0.3, 0.4) is 0 Å². The lowest BCUT2D eigenvalue weighted by Crippen LogP contribution is -1.76. The molecule has 0 saturated heterocycles. The highest BCUT2D eigenvalue weighted by Gasteiger charge is 2.03. The summed E-state index contributed by atoms with van der Waals surface area (Å²) >= 11 is 7.61. The number of halogens is 1. The molecule has 16 heavy (non-hydrogen) atoms. The van der Waals surface area contributed by atoms with E-state index in [2.05, 4.69) is 23.2 Å². The van der Waals surface area contributed by atoms with Gasteiger partial charge in [0, 0.05) is 5.02 Å². The maximum absolute atomic E-state index is 5.84. The van der Waals surface area contributed by atoms with E-state index < -0.39 is 0 Å². The van der Waals surface area contributed by atoms with E-state index in [9.17, 15) is 0 Å². The Morgan fingerprint density at radius 2 is 2.06 bits per heavy atom. The number of H-pyrrole nitrogens is 1. The largest absolute Gasteiger partial charge is 0.277 e. The van der Waals surface area contributed by atoms with Crippen LogP contribution in [0, 0.1) is 0 Å². The Bertz CT molecular complexity index is 450. The van der Waals surface area contributed by atoms with Crippen molar-refractivity contribution in [3.63, 3.8) is 0 Å². The lowest BCUT2D eigenvalue weighted by atomic mass is 10.2. The molecule has 0 bridgehead atoms. The van der Waals surface area contributed by atoms with Crippen molar-refractivity contribution in [1.29, 1.82) is 0 Å². The van der Waals surface area contributed by atoms with Crippen LogP contribution < -0.4 is 0 Å². The fourth-order valence-electron chi connectivity index (χ4n) is 1.36. The summed E-state index contributed by atoms with van der Waals surface area (Å²) in [7, 11) is 0. The van der Waals surface area contributed by atoms with Gasteiger partial charge in [-0.15, -0.1) is 11.8 Å². The van der Waals surface area contributed by atoms with Gasteiger partial charge in [0.1, 0.15) is 5.03 Å². The number of hydrogen-bond donors (Lipinski definition) is 1. The zero-order valence-electron chi connectivity index (χ0n) is 9.03. The highest BCUT2D eigenvalue weighted by Crippen LogP contribution is 2.24. The molecule has 1 N–H and O–H groups in total. The van der Waals surface area contributed by atoms with E-state index in [1.54, 1.807) is 11.8 Å². The second kappa shape index (κ2) is 5.41. The van der Waals surface area contributed by atoms with Crippen molar-refractivity contribution >= 4 is 23.4 Å². The molecule has 0 amide bonds. The van der Waals surface area contributed by atoms with E-state index in [-0.39, 0.29) is 0 Å². The van der Waals surface area contributed by atoms with Crippen LogP contribution in [0.2, 0.25) is 5.02 Å². The number of thioether (sulfide) groups is 1. The number of nitrogens with zero attached hydrogens (tertiary/aromatic N) is 1. The van der Waals surface area contributed by atoms with Crippen molar-refractivity contribution in [1.82, 2.24) is 10.2 Å². The first-order valence-electron chi connectivity index (χ1n) is 5.23.